The summed E-state index contributed by atoms with van der Waals surface area (Å²) in [5, 5.41) is 10.3. The lowest BCUT2D eigenvalue weighted by Gasteiger charge is -2.06. The quantitative estimate of drug-likeness (QED) is 0.586. The molecule has 0 unspecified atom stereocenters. The zero-order valence-electron chi connectivity index (χ0n) is 10.7. The van der Waals surface area contributed by atoms with E-state index in [0.717, 1.165) is 5.56 Å². The van der Waals surface area contributed by atoms with Crippen LogP contribution in [0.2, 0.25) is 10.0 Å². The largest absolute Gasteiger partial charge is 0.496 e. The number of methoxy groups -OCH3 is 1. The van der Waals surface area contributed by atoms with Crippen molar-refractivity contribution in [3.8, 4) is 11.8 Å². The van der Waals surface area contributed by atoms with E-state index < -0.39 is 0 Å². The molecule has 0 atom stereocenters. The van der Waals surface area contributed by atoms with E-state index in [-0.39, 0.29) is 0 Å². The molecule has 0 bridgehead atoms. The first kappa shape index (κ1) is 14.5. The van der Waals surface area contributed by atoms with Gasteiger partial charge in [-0.05, 0) is 24.3 Å². The summed E-state index contributed by atoms with van der Waals surface area (Å²) in [6.07, 6.45) is 1.74. The van der Waals surface area contributed by atoms with Gasteiger partial charge in [0, 0.05) is 16.1 Å². The number of nitriles is 1. The van der Waals surface area contributed by atoms with Crippen LogP contribution in [0, 0.1) is 11.3 Å². The van der Waals surface area contributed by atoms with Crippen molar-refractivity contribution < 1.29 is 4.74 Å². The van der Waals surface area contributed by atoms with Gasteiger partial charge in [0.25, 0.3) is 0 Å². The molecule has 0 N–H and O–H groups in total. The zero-order chi connectivity index (χ0) is 14.5. The monoisotopic (exact) mass is 303 g/mol. The first-order chi connectivity index (χ1) is 9.65. The Morgan fingerprint density at radius 3 is 2.60 bits per heavy atom. The molecule has 100 valence electrons. The Morgan fingerprint density at radius 1 is 1.20 bits per heavy atom. The summed E-state index contributed by atoms with van der Waals surface area (Å²) in [6.45, 7) is 0. The third kappa shape index (κ3) is 3.14. The lowest BCUT2D eigenvalue weighted by Crippen LogP contribution is -1.88. The maximum Gasteiger partial charge on any atom is 0.126 e. The predicted molar refractivity (Wildman–Crippen MR) is 82.9 cm³/mol. The molecule has 0 saturated carbocycles. The van der Waals surface area contributed by atoms with Crippen molar-refractivity contribution in [1.82, 2.24) is 0 Å². The number of hydrogen-bond donors (Lipinski definition) is 0. The second kappa shape index (κ2) is 6.47. The molecular weight excluding hydrogens is 293 g/mol. The molecule has 0 heterocycles. The molecule has 0 amide bonds. The molecule has 0 aliphatic heterocycles. The van der Waals surface area contributed by atoms with E-state index in [1.165, 1.54) is 0 Å². The third-order valence-electron chi connectivity index (χ3n) is 2.78. The van der Waals surface area contributed by atoms with Gasteiger partial charge in [-0.25, -0.2) is 0 Å². The minimum atomic E-state index is 0.445. The van der Waals surface area contributed by atoms with E-state index in [2.05, 4.69) is 6.07 Å². The number of allylic oxidation sites excluding steroid dienone is 1. The van der Waals surface area contributed by atoms with Crippen molar-refractivity contribution in [2.75, 3.05) is 7.11 Å². The molecule has 0 fully saturated rings. The van der Waals surface area contributed by atoms with Crippen LogP contribution in [0.15, 0.2) is 42.5 Å². The highest BCUT2D eigenvalue weighted by molar-refractivity contribution is 6.36. The van der Waals surface area contributed by atoms with Gasteiger partial charge in [-0.1, -0.05) is 47.5 Å². The van der Waals surface area contributed by atoms with E-state index in [1.807, 2.05) is 24.3 Å². The van der Waals surface area contributed by atoms with Gasteiger partial charge in [-0.15, -0.1) is 0 Å². The topological polar surface area (TPSA) is 33.0 Å². The summed E-state index contributed by atoms with van der Waals surface area (Å²) in [5.74, 6) is 0.699. The van der Waals surface area contributed by atoms with Crippen LogP contribution >= 0.6 is 23.2 Å². The Morgan fingerprint density at radius 2 is 1.95 bits per heavy atom. The van der Waals surface area contributed by atoms with Crippen LogP contribution in [0.3, 0.4) is 0 Å². The second-order valence-corrected chi connectivity index (χ2v) is 4.88. The maximum atomic E-state index is 9.35. The van der Waals surface area contributed by atoms with Gasteiger partial charge in [-0.3, -0.25) is 0 Å². The molecule has 2 aromatic carbocycles. The summed E-state index contributed by atoms with van der Waals surface area (Å²) < 4.78 is 5.27. The molecule has 0 aromatic heterocycles. The molecule has 20 heavy (non-hydrogen) atoms. The van der Waals surface area contributed by atoms with E-state index in [1.54, 1.807) is 31.4 Å². The molecule has 0 spiro atoms. The Bertz CT molecular complexity index is 702. The molecule has 2 aromatic rings. The minimum Gasteiger partial charge on any atom is -0.496 e. The van der Waals surface area contributed by atoms with Gasteiger partial charge in [0.15, 0.2) is 0 Å². The van der Waals surface area contributed by atoms with Crippen LogP contribution in [0.5, 0.6) is 5.75 Å². The average Bonchev–Trinajstić information content (AvgIpc) is 2.46. The molecule has 0 saturated heterocycles. The van der Waals surface area contributed by atoms with Gasteiger partial charge in [-0.2, -0.15) is 5.26 Å². The van der Waals surface area contributed by atoms with Gasteiger partial charge in [0.2, 0.25) is 0 Å². The molecule has 4 heteroatoms. The van der Waals surface area contributed by atoms with E-state index in [0.29, 0.717) is 26.9 Å². The zero-order valence-corrected chi connectivity index (χ0v) is 12.2. The lowest BCUT2D eigenvalue weighted by atomic mass is 10.0. The molecular formula is C16H11Cl2NO. The van der Waals surface area contributed by atoms with E-state index >= 15 is 0 Å². The number of nitrogens with zero attached hydrogens (tertiary/aromatic N) is 1. The lowest BCUT2D eigenvalue weighted by molar-refractivity contribution is 0.414. The Balaban J connectivity index is 2.52. The number of rotatable bonds is 3. The van der Waals surface area contributed by atoms with Crippen LogP contribution in [-0.4, -0.2) is 7.11 Å². The number of ether oxygens (including phenoxy) is 1. The molecule has 0 radical (unpaired) electrons. The first-order valence-electron chi connectivity index (χ1n) is 5.86. The highest BCUT2D eigenvalue weighted by atomic mass is 35.5. The molecule has 2 rings (SSSR count). The van der Waals surface area contributed by atoms with Crippen LogP contribution in [0.4, 0.5) is 0 Å². The van der Waals surface area contributed by atoms with Crippen LogP contribution in [0.25, 0.3) is 11.6 Å². The van der Waals surface area contributed by atoms with Crippen molar-refractivity contribution in [2.45, 2.75) is 0 Å². The fourth-order valence-electron chi connectivity index (χ4n) is 1.82. The smallest absolute Gasteiger partial charge is 0.126 e. The van der Waals surface area contributed by atoms with Crippen molar-refractivity contribution in [3.63, 3.8) is 0 Å². The predicted octanol–water partition coefficient (Wildman–Crippen LogP) is 5.07. The molecule has 0 aliphatic carbocycles. The molecule has 2 nitrogen and oxygen atoms in total. The summed E-state index contributed by atoms with van der Waals surface area (Å²) in [6, 6.07) is 14.7. The Labute approximate surface area is 127 Å². The minimum absolute atomic E-state index is 0.445. The van der Waals surface area contributed by atoms with E-state index in [9.17, 15) is 5.26 Å². The number of hydrogen-bond acceptors (Lipinski definition) is 2. The van der Waals surface area contributed by atoms with Crippen LogP contribution < -0.4 is 4.74 Å². The number of benzene rings is 2. The third-order valence-corrected chi connectivity index (χ3v) is 3.33. The summed E-state index contributed by atoms with van der Waals surface area (Å²) in [5.41, 5.74) is 1.92. The van der Waals surface area contributed by atoms with Gasteiger partial charge in [0.05, 0.1) is 23.8 Å². The number of para-hydroxylation sites is 1. The van der Waals surface area contributed by atoms with Crippen molar-refractivity contribution in [2.24, 2.45) is 0 Å². The first-order valence-corrected chi connectivity index (χ1v) is 6.61. The van der Waals surface area contributed by atoms with Gasteiger partial charge in [0.1, 0.15) is 5.75 Å². The van der Waals surface area contributed by atoms with Crippen molar-refractivity contribution in [1.29, 1.82) is 5.26 Å². The average molecular weight is 304 g/mol. The van der Waals surface area contributed by atoms with Crippen molar-refractivity contribution in [3.05, 3.63) is 63.6 Å². The second-order valence-electron chi connectivity index (χ2n) is 4.04. The summed E-state index contributed by atoms with van der Waals surface area (Å²) >= 11 is 12.0. The number of halogens is 2. The van der Waals surface area contributed by atoms with Crippen molar-refractivity contribution >= 4 is 34.9 Å². The summed E-state index contributed by atoms with van der Waals surface area (Å²) in [4.78, 5) is 0. The van der Waals surface area contributed by atoms with Gasteiger partial charge >= 0.3 is 0 Å². The highest BCUT2D eigenvalue weighted by Gasteiger charge is 2.08. The fraction of sp³-hybridized carbons (Fsp3) is 0.0625. The summed E-state index contributed by atoms with van der Waals surface area (Å²) in [7, 11) is 1.59. The van der Waals surface area contributed by atoms with Crippen LogP contribution in [0.1, 0.15) is 11.1 Å². The van der Waals surface area contributed by atoms with E-state index in [4.69, 9.17) is 27.9 Å². The SMILES string of the molecule is COc1ccccc1/C=C(\C#N)c1ccc(Cl)cc1Cl. The van der Waals surface area contributed by atoms with Crippen LogP contribution in [-0.2, 0) is 0 Å². The maximum absolute atomic E-state index is 9.35. The Hall–Kier alpha value is -1.95. The highest BCUT2D eigenvalue weighted by Crippen LogP contribution is 2.30. The van der Waals surface area contributed by atoms with Gasteiger partial charge < -0.3 is 4.74 Å². The molecule has 0 aliphatic rings. The Kier molecular flexibility index (Phi) is 4.68. The fourth-order valence-corrected chi connectivity index (χ4v) is 2.33. The standard InChI is InChI=1S/C16H11Cl2NO/c1-20-16-5-3-2-4-11(16)8-12(10-19)14-7-6-13(17)9-15(14)18/h2-9H,1H3/b12-8+. The normalized spacial score (nSPS) is 11.0.